The average Bonchev–Trinajstić information content (AvgIpc) is 3.33. The monoisotopic (exact) mass is 927 g/mol. The molecule has 0 saturated carbocycles. The van der Waals surface area contributed by atoms with Crippen LogP contribution in [-0.2, 0) is 28.6 Å². The van der Waals surface area contributed by atoms with Gasteiger partial charge in [-0.1, -0.05) is 245 Å². The highest BCUT2D eigenvalue weighted by Crippen LogP contribution is 2.14. The van der Waals surface area contributed by atoms with E-state index in [9.17, 15) is 14.4 Å². The van der Waals surface area contributed by atoms with Crippen molar-refractivity contribution in [3.05, 3.63) is 122 Å². The number of carbonyl (C=O) groups is 3. The van der Waals surface area contributed by atoms with E-state index in [-0.39, 0.29) is 31.1 Å². The van der Waals surface area contributed by atoms with E-state index in [1.165, 1.54) is 77.0 Å². The Balaban J connectivity index is 4.51. The minimum Gasteiger partial charge on any atom is -0.462 e. The van der Waals surface area contributed by atoms with Gasteiger partial charge in [0.15, 0.2) is 6.10 Å². The molecule has 67 heavy (non-hydrogen) atoms. The Kier molecular flexibility index (Phi) is 51.0. The largest absolute Gasteiger partial charge is 0.462 e. The Bertz CT molecular complexity index is 1440. The van der Waals surface area contributed by atoms with Gasteiger partial charge in [-0.15, -0.1) is 0 Å². The number of ether oxygens (including phenoxy) is 3. The lowest BCUT2D eigenvalue weighted by atomic mass is 10.1. The summed E-state index contributed by atoms with van der Waals surface area (Å²) < 4.78 is 16.8. The maximum Gasteiger partial charge on any atom is 0.306 e. The Morgan fingerprint density at radius 3 is 1.03 bits per heavy atom. The van der Waals surface area contributed by atoms with Crippen LogP contribution in [0.5, 0.6) is 0 Å². The molecule has 1 atom stereocenters. The Morgan fingerprint density at radius 2 is 0.627 bits per heavy atom. The molecule has 6 heteroatoms. The summed E-state index contributed by atoms with van der Waals surface area (Å²) in [6.07, 6.45) is 74.7. The molecule has 0 saturated heterocycles. The van der Waals surface area contributed by atoms with Crippen LogP contribution >= 0.6 is 0 Å². The van der Waals surface area contributed by atoms with Gasteiger partial charge in [-0.2, -0.15) is 0 Å². The standard InChI is InChI=1S/C61H98O6/c1-4-7-10-13-16-19-22-25-27-29-31-33-36-39-42-45-48-51-54-60(63)66-57-58(56-65-59(62)53-50-47-44-41-38-35-24-21-18-15-12-9-6-3)67-61(64)55-52-49-46-43-40-37-34-32-30-28-26-23-20-17-14-11-8-5-2/h9-10,12-13,15-16,18-19,21-22,24-25,27,29,31-35,38,58H,4-8,11,14,17,20,23,26,28,30,36-37,39-57H2,1-3H3/b12-9+,13-10+,18-15+,19-16+,24-21+,25-22+,29-27+,33-31+,34-32+,38-35+. The first-order chi connectivity index (χ1) is 33.0. The van der Waals surface area contributed by atoms with Crippen molar-refractivity contribution in [3.63, 3.8) is 0 Å². The minimum atomic E-state index is -0.813. The number of hydrogen-bond acceptors (Lipinski definition) is 6. The van der Waals surface area contributed by atoms with E-state index >= 15 is 0 Å². The highest BCUT2D eigenvalue weighted by molar-refractivity contribution is 5.71. The van der Waals surface area contributed by atoms with Crippen molar-refractivity contribution < 1.29 is 28.6 Å². The van der Waals surface area contributed by atoms with Crippen LogP contribution in [0.2, 0.25) is 0 Å². The zero-order chi connectivity index (χ0) is 48.6. The zero-order valence-corrected chi connectivity index (χ0v) is 43.1. The third kappa shape index (κ3) is 52.6. The number of hydrogen-bond donors (Lipinski definition) is 0. The van der Waals surface area contributed by atoms with Crippen LogP contribution in [0.3, 0.4) is 0 Å². The van der Waals surface area contributed by atoms with Crippen LogP contribution in [0.4, 0.5) is 0 Å². The first kappa shape index (κ1) is 62.8. The SMILES string of the molecule is CC/C=C/C=C/C=C/C=C/CCCCCC(=O)OCC(COC(=O)CCCCCCC/C=C/C=C/C=C/C=C/C=C/CCC)OC(=O)CCCCCCC/C=C/CCCCCCCCCCC. The smallest absolute Gasteiger partial charge is 0.306 e. The van der Waals surface area contributed by atoms with Crippen molar-refractivity contribution in [1.82, 2.24) is 0 Å². The molecular formula is C61H98O6. The van der Waals surface area contributed by atoms with Gasteiger partial charge in [-0.05, 0) is 83.5 Å². The van der Waals surface area contributed by atoms with Gasteiger partial charge in [0, 0.05) is 19.3 Å². The number of unbranched alkanes of at least 4 members (excludes halogenated alkanes) is 23. The quantitative estimate of drug-likeness (QED) is 0.0199. The second-order valence-corrected chi connectivity index (χ2v) is 17.6. The topological polar surface area (TPSA) is 78.9 Å². The highest BCUT2D eigenvalue weighted by Gasteiger charge is 2.19. The first-order valence-electron chi connectivity index (χ1n) is 27.2. The van der Waals surface area contributed by atoms with E-state index in [4.69, 9.17) is 14.2 Å². The lowest BCUT2D eigenvalue weighted by Crippen LogP contribution is -2.30. The number of carbonyl (C=O) groups excluding carboxylic acids is 3. The molecule has 0 radical (unpaired) electrons. The summed E-state index contributed by atoms with van der Waals surface area (Å²) in [6.45, 7) is 6.34. The number of allylic oxidation sites excluding steroid dienone is 20. The normalized spacial score (nSPS) is 13.1. The van der Waals surface area contributed by atoms with Crippen LogP contribution in [0.25, 0.3) is 0 Å². The van der Waals surface area contributed by atoms with Gasteiger partial charge < -0.3 is 14.2 Å². The molecule has 1 unspecified atom stereocenters. The van der Waals surface area contributed by atoms with Gasteiger partial charge in [-0.3, -0.25) is 14.4 Å². The average molecular weight is 927 g/mol. The summed E-state index contributed by atoms with van der Waals surface area (Å²) in [4.78, 5) is 38.1. The van der Waals surface area contributed by atoms with E-state index in [0.717, 1.165) is 109 Å². The zero-order valence-electron chi connectivity index (χ0n) is 43.1. The Hall–Kier alpha value is -4.19. The van der Waals surface area contributed by atoms with Crippen molar-refractivity contribution >= 4 is 17.9 Å². The fourth-order valence-electron chi connectivity index (χ4n) is 7.06. The molecule has 6 nitrogen and oxygen atoms in total. The molecule has 0 fully saturated rings. The summed E-state index contributed by atoms with van der Waals surface area (Å²) in [5, 5.41) is 0. The van der Waals surface area contributed by atoms with Gasteiger partial charge in [0.1, 0.15) is 13.2 Å². The van der Waals surface area contributed by atoms with Gasteiger partial charge in [-0.25, -0.2) is 0 Å². The summed E-state index contributed by atoms with van der Waals surface area (Å²) in [5.41, 5.74) is 0. The molecule has 0 bridgehead atoms. The maximum absolute atomic E-state index is 12.8. The molecule has 0 rings (SSSR count). The van der Waals surface area contributed by atoms with Crippen molar-refractivity contribution in [1.29, 1.82) is 0 Å². The summed E-state index contributed by atoms with van der Waals surface area (Å²) in [6, 6.07) is 0. The van der Waals surface area contributed by atoms with Crippen molar-refractivity contribution in [2.24, 2.45) is 0 Å². The molecule has 0 aromatic heterocycles. The minimum absolute atomic E-state index is 0.111. The molecule has 0 aliphatic carbocycles. The molecule has 0 spiro atoms. The number of esters is 3. The molecule has 0 amide bonds. The molecule has 0 heterocycles. The Labute approximate surface area is 412 Å². The summed E-state index contributed by atoms with van der Waals surface area (Å²) in [5.74, 6) is -0.986. The summed E-state index contributed by atoms with van der Waals surface area (Å²) in [7, 11) is 0. The molecule has 0 N–H and O–H groups in total. The van der Waals surface area contributed by atoms with E-state index in [1.807, 2.05) is 66.8 Å². The molecular weight excluding hydrogens is 829 g/mol. The Morgan fingerprint density at radius 1 is 0.313 bits per heavy atom. The van der Waals surface area contributed by atoms with Crippen molar-refractivity contribution in [3.8, 4) is 0 Å². The summed E-state index contributed by atoms with van der Waals surface area (Å²) >= 11 is 0. The fourth-order valence-corrected chi connectivity index (χ4v) is 7.06. The van der Waals surface area contributed by atoms with E-state index in [1.54, 1.807) is 0 Å². The van der Waals surface area contributed by atoms with Crippen LogP contribution in [-0.4, -0.2) is 37.2 Å². The van der Waals surface area contributed by atoms with Gasteiger partial charge >= 0.3 is 17.9 Å². The van der Waals surface area contributed by atoms with Crippen LogP contribution in [0.1, 0.15) is 226 Å². The molecule has 0 aliphatic rings. The number of rotatable bonds is 47. The van der Waals surface area contributed by atoms with Gasteiger partial charge in [0.05, 0.1) is 0 Å². The first-order valence-corrected chi connectivity index (χ1v) is 27.2. The maximum atomic E-state index is 12.8. The third-order valence-electron chi connectivity index (χ3n) is 11.1. The van der Waals surface area contributed by atoms with Gasteiger partial charge in [0.25, 0.3) is 0 Å². The molecule has 0 aromatic rings. The second-order valence-electron chi connectivity index (χ2n) is 17.6. The third-order valence-corrected chi connectivity index (χ3v) is 11.1. The van der Waals surface area contributed by atoms with E-state index in [2.05, 4.69) is 75.5 Å². The van der Waals surface area contributed by atoms with E-state index in [0.29, 0.717) is 19.3 Å². The molecule has 378 valence electrons. The predicted molar refractivity (Wildman–Crippen MR) is 288 cm³/mol. The van der Waals surface area contributed by atoms with Gasteiger partial charge in [0.2, 0.25) is 0 Å². The second kappa shape index (κ2) is 54.4. The highest BCUT2D eigenvalue weighted by atomic mass is 16.6. The van der Waals surface area contributed by atoms with Crippen molar-refractivity contribution in [2.75, 3.05) is 13.2 Å². The van der Waals surface area contributed by atoms with E-state index < -0.39 is 6.10 Å². The van der Waals surface area contributed by atoms with Crippen LogP contribution < -0.4 is 0 Å². The molecule has 0 aliphatic heterocycles. The lowest BCUT2D eigenvalue weighted by Gasteiger charge is -2.18. The molecule has 0 aromatic carbocycles. The van der Waals surface area contributed by atoms with Crippen molar-refractivity contribution in [2.45, 2.75) is 232 Å². The van der Waals surface area contributed by atoms with Crippen LogP contribution in [0.15, 0.2) is 122 Å². The fraction of sp³-hybridized carbons (Fsp3) is 0.623. The lowest BCUT2D eigenvalue weighted by molar-refractivity contribution is -0.167. The predicted octanol–water partition coefficient (Wildman–Crippen LogP) is 18.1. The van der Waals surface area contributed by atoms with Crippen LogP contribution in [0, 0.1) is 0 Å².